The molecule has 2 aromatic rings. The summed E-state index contributed by atoms with van der Waals surface area (Å²) in [6.07, 6.45) is 7.86. The molecule has 0 unspecified atom stereocenters. The fourth-order valence-electron chi connectivity index (χ4n) is 3.81. The maximum atomic E-state index is 12.4. The minimum Gasteiger partial charge on any atom is -0.352 e. The summed E-state index contributed by atoms with van der Waals surface area (Å²) >= 11 is 0. The van der Waals surface area contributed by atoms with E-state index in [1.807, 2.05) is 35.9 Å². The van der Waals surface area contributed by atoms with Crippen LogP contribution in [0, 0.1) is 19.8 Å². The van der Waals surface area contributed by atoms with Crippen molar-refractivity contribution < 1.29 is 4.79 Å². The van der Waals surface area contributed by atoms with Gasteiger partial charge < -0.3 is 5.32 Å². The third-order valence-corrected chi connectivity index (χ3v) is 5.17. The van der Waals surface area contributed by atoms with E-state index < -0.39 is 0 Å². The van der Waals surface area contributed by atoms with E-state index in [9.17, 15) is 4.79 Å². The number of carbonyl (C=O) groups excluding carboxylic acids is 1. The Kier molecular flexibility index (Phi) is 5.90. The minimum atomic E-state index is 0.0293. The number of rotatable bonds is 7. The molecule has 1 saturated carbocycles. The molecule has 1 heterocycles. The second kappa shape index (κ2) is 8.32. The van der Waals surface area contributed by atoms with Crippen LogP contribution in [0.15, 0.2) is 30.3 Å². The van der Waals surface area contributed by atoms with Crippen LogP contribution in [0.4, 0.5) is 0 Å². The van der Waals surface area contributed by atoms with Crippen LogP contribution in [0.25, 0.3) is 0 Å². The summed E-state index contributed by atoms with van der Waals surface area (Å²) in [4.78, 5) is 12.4. The first-order valence-corrected chi connectivity index (χ1v) is 9.50. The second-order valence-electron chi connectivity index (χ2n) is 7.33. The van der Waals surface area contributed by atoms with Gasteiger partial charge in [0, 0.05) is 17.8 Å². The zero-order chi connectivity index (χ0) is 17.6. The molecule has 0 aliphatic heterocycles. The molecule has 0 spiro atoms. The Balaban J connectivity index is 1.51. The van der Waals surface area contributed by atoms with Crippen LogP contribution in [-0.4, -0.2) is 22.2 Å². The number of amides is 1. The van der Waals surface area contributed by atoms with Crippen molar-refractivity contribution in [1.82, 2.24) is 15.1 Å². The lowest BCUT2D eigenvalue weighted by molar-refractivity contribution is 0.0952. The fraction of sp³-hybridized carbons (Fsp3) is 0.524. The van der Waals surface area contributed by atoms with Gasteiger partial charge in [-0.15, -0.1) is 0 Å². The van der Waals surface area contributed by atoms with E-state index in [2.05, 4.69) is 23.4 Å². The molecule has 1 aliphatic carbocycles. The van der Waals surface area contributed by atoms with Crippen LogP contribution in [0.2, 0.25) is 0 Å². The number of carbonyl (C=O) groups is 1. The van der Waals surface area contributed by atoms with Crippen molar-refractivity contribution in [3.8, 4) is 0 Å². The van der Waals surface area contributed by atoms with E-state index in [4.69, 9.17) is 0 Å². The van der Waals surface area contributed by atoms with E-state index in [1.54, 1.807) is 0 Å². The lowest BCUT2D eigenvalue weighted by Crippen LogP contribution is -2.25. The van der Waals surface area contributed by atoms with Crippen LogP contribution < -0.4 is 5.32 Å². The molecule has 0 radical (unpaired) electrons. The Morgan fingerprint density at radius 2 is 2.04 bits per heavy atom. The Morgan fingerprint density at radius 1 is 1.24 bits per heavy atom. The molecule has 0 atom stereocenters. The average molecular weight is 339 g/mol. The van der Waals surface area contributed by atoms with Crippen molar-refractivity contribution in [2.24, 2.45) is 5.92 Å². The largest absolute Gasteiger partial charge is 0.352 e. The fourth-order valence-corrected chi connectivity index (χ4v) is 3.81. The highest BCUT2D eigenvalue weighted by Gasteiger charge is 2.14. The number of hydrogen-bond acceptors (Lipinski definition) is 2. The summed E-state index contributed by atoms with van der Waals surface area (Å²) in [5, 5.41) is 7.56. The second-order valence-corrected chi connectivity index (χ2v) is 7.33. The van der Waals surface area contributed by atoms with E-state index in [1.165, 1.54) is 32.1 Å². The SMILES string of the molecule is Cc1cc(C)n(Cc2cccc(C(=O)NCCCC3CCCC3)c2)n1. The van der Waals surface area contributed by atoms with E-state index >= 15 is 0 Å². The Morgan fingerprint density at radius 3 is 2.76 bits per heavy atom. The smallest absolute Gasteiger partial charge is 0.251 e. The predicted molar refractivity (Wildman–Crippen MR) is 101 cm³/mol. The molecule has 1 aromatic carbocycles. The topological polar surface area (TPSA) is 46.9 Å². The Labute approximate surface area is 150 Å². The van der Waals surface area contributed by atoms with Crippen LogP contribution in [0.3, 0.4) is 0 Å². The van der Waals surface area contributed by atoms with Gasteiger partial charge in [-0.3, -0.25) is 9.48 Å². The average Bonchev–Trinajstić information content (AvgIpc) is 3.21. The third kappa shape index (κ3) is 4.94. The molecule has 1 fully saturated rings. The molecule has 0 bridgehead atoms. The molecule has 3 rings (SSSR count). The van der Waals surface area contributed by atoms with Crippen molar-refractivity contribution in [2.75, 3.05) is 6.54 Å². The van der Waals surface area contributed by atoms with Gasteiger partial charge in [0.05, 0.1) is 12.2 Å². The highest BCUT2D eigenvalue weighted by atomic mass is 16.1. The molecule has 1 aliphatic rings. The summed E-state index contributed by atoms with van der Waals surface area (Å²) < 4.78 is 1.98. The molecular weight excluding hydrogens is 310 g/mol. The number of nitrogens with zero attached hydrogens (tertiary/aromatic N) is 2. The first-order valence-electron chi connectivity index (χ1n) is 9.50. The van der Waals surface area contributed by atoms with Gasteiger partial charge in [-0.2, -0.15) is 5.10 Å². The van der Waals surface area contributed by atoms with E-state index in [0.717, 1.165) is 41.4 Å². The molecule has 4 heteroatoms. The van der Waals surface area contributed by atoms with E-state index in [0.29, 0.717) is 6.54 Å². The number of aromatic nitrogens is 2. The molecule has 4 nitrogen and oxygen atoms in total. The van der Waals surface area contributed by atoms with Crippen molar-refractivity contribution in [3.05, 3.63) is 52.8 Å². The van der Waals surface area contributed by atoms with Gasteiger partial charge in [-0.05, 0) is 56.4 Å². The zero-order valence-corrected chi connectivity index (χ0v) is 15.4. The van der Waals surface area contributed by atoms with Gasteiger partial charge in [0.15, 0.2) is 0 Å². The number of hydrogen-bond donors (Lipinski definition) is 1. The van der Waals surface area contributed by atoms with Crippen LogP contribution in [-0.2, 0) is 6.54 Å². The lowest BCUT2D eigenvalue weighted by atomic mass is 10.0. The summed E-state index contributed by atoms with van der Waals surface area (Å²) in [7, 11) is 0. The van der Waals surface area contributed by atoms with Gasteiger partial charge in [0.1, 0.15) is 0 Å². The first-order chi connectivity index (χ1) is 12.1. The third-order valence-electron chi connectivity index (χ3n) is 5.17. The maximum Gasteiger partial charge on any atom is 0.251 e. The molecule has 1 aromatic heterocycles. The highest BCUT2D eigenvalue weighted by Crippen LogP contribution is 2.28. The lowest BCUT2D eigenvalue weighted by Gasteiger charge is -2.10. The highest BCUT2D eigenvalue weighted by molar-refractivity contribution is 5.94. The van der Waals surface area contributed by atoms with Crippen molar-refractivity contribution >= 4 is 5.91 Å². The van der Waals surface area contributed by atoms with Gasteiger partial charge >= 0.3 is 0 Å². The van der Waals surface area contributed by atoms with Crippen LogP contribution >= 0.6 is 0 Å². The molecule has 1 amide bonds. The van der Waals surface area contributed by atoms with Gasteiger partial charge in [-0.25, -0.2) is 0 Å². The monoisotopic (exact) mass is 339 g/mol. The number of nitrogens with one attached hydrogen (secondary N) is 1. The maximum absolute atomic E-state index is 12.4. The summed E-state index contributed by atoms with van der Waals surface area (Å²) in [5.41, 5.74) is 4.00. The molecule has 134 valence electrons. The minimum absolute atomic E-state index is 0.0293. The Hall–Kier alpha value is -2.10. The molecule has 25 heavy (non-hydrogen) atoms. The normalized spacial score (nSPS) is 14.8. The van der Waals surface area contributed by atoms with Gasteiger partial charge in [0.25, 0.3) is 5.91 Å². The quantitative estimate of drug-likeness (QED) is 0.767. The van der Waals surface area contributed by atoms with Crippen LogP contribution in [0.1, 0.15) is 65.8 Å². The molecular formula is C21H29N3O. The number of benzene rings is 1. The Bertz CT molecular complexity index is 714. The standard InChI is InChI=1S/C21H29N3O/c1-16-13-17(2)24(23-16)15-19-9-5-11-20(14-19)21(25)22-12-6-10-18-7-3-4-8-18/h5,9,11,13-14,18H,3-4,6-8,10,12,15H2,1-2H3,(H,22,25). The summed E-state index contributed by atoms with van der Waals surface area (Å²) in [6, 6.07) is 9.93. The molecule has 0 saturated heterocycles. The predicted octanol–water partition coefficient (Wildman–Crippen LogP) is 4.25. The summed E-state index contributed by atoms with van der Waals surface area (Å²) in [5.74, 6) is 0.919. The van der Waals surface area contributed by atoms with Crippen molar-refractivity contribution in [3.63, 3.8) is 0 Å². The van der Waals surface area contributed by atoms with E-state index in [-0.39, 0.29) is 5.91 Å². The van der Waals surface area contributed by atoms with Crippen LogP contribution in [0.5, 0.6) is 0 Å². The van der Waals surface area contributed by atoms with Gasteiger partial charge in [-0.1, -0.05) is 37.8 Å². The zero-order valence-electron chi connectivity index (χ0n) is 15.4. The first kappa shape index (κ1) is 17.7. The van der Waals surface area contributed by atoms with Gasteiger partial charge in [0.2, 0.25) is 0 Å². The summed E-state index contributed by atoms with van der Waals surface area (Å²) in [6.45, 7) is 5.53. The molecule has 1 N–H and O–H groups in total. The van der Waals surface area contributed by atoms with Crippen molar-refractivity contribution in [2.45, 2.75) is 58.9 Å². The van der Waals surface area contributed by atoms with Crippen molar-refractivity contribution in [1.29, 1.82) is 0 Å². The number of aryl methyl sites for hydroxylation is 2.